The van der Waals surface area contributed by atoms with Crippen molar-refractivity contribution in [3.8, 4) is 23.0 Å². The molecule has 0 amide bonds. The molecule has 2 aliphatic heterocycles. The molecular formula is C26H25BBr2O2. The molecule has 0 atom stereocenters. The molecule has 0 saturated heterocycles. The maximum atomic E-state index is 6.44. The number of hydrogen-bond donors (Lipinski definition) is 0. The summed E-state index contributed by atoms with van der Waals surface area (Å²) in [6, 6.07) is 15.3. The Morgan fingerprint density at radius 1 is 0.645 bits per heavy atom. The number of rotatable bonds is 0. The molecule has 158 valence electrons. The third-order valence-corrected chi connectivity index (χ3v) is 7.44. The van der Waals surface area contributed by atoms with Crippen molar-refractivity contribution < 1.29 is 9.47 Å². The minimum absolute atomic E-state index is 0.0518. The minimum Gasteiger partial charge on any atom is -0.457 e. The zero-order chi connectivity index (χ0) is 22.3. The van der Waals surface area contributed by atoms with E-state index in [9.17, 15) is 0 Å². The van der Waals surface area contributed by atoms with Crippen LogP contribution in [0.4, 0.5) is 0 Å². The largest absolute Gasteiger partial charge is 0.457 e. The van der Waals surface area contributed by atoms with Gasteiger partial charge in [0, 0.05) is 5.46 Å². The van der Waals surface area contributed by atoms with Crippen molar-refractivity contribution in [2.75, 3.05) is 0 Å². The van der Waals surface area contributed by atoms with Gasteiger partial charge in [0.2, 0.25) is 0 Å². The first-order chi connectivity index (χ1) is 14.4. The predicted octanol–water partition coefficient (Wildman–Crippen LogP) is 6.53. The maximum absolute atomic E-state index is 6.44. The monoisotopic (exact) mass is 538 g/mol. The van der Waals surface area contributed by atoms with Crippen LogP contribution in [0.5, 0.6) is 23.0 Å². The van der Waals surface area contributed by atoms with E-state index in [2.05, 4.69) is 110 Å². The summed E-state index contributed by atoms with van der Waals surface area (Å²) in [5.74, 6) is 3.50. The van der Waals surface area contributed by atoms with Crippen LogP contribution in [0.2, 0.25) is 0 Å². The minimum atomic E-state index is 0.0518. The standard InChI is InChI=1S/C26H25BBr2O2/c1-25(2,3)14-7-9-20-16(11-14)27-17-12-15(26(4,5)6)8-10-21(17)31-24-19(29)13-18(28)23(30-20)22(24)27/h7-13H,1-6H3. The zero-order valence-electron chi connectivity index (χ0n) is 18.7. The summed E-state index contributed by atoms with van der Waals surface area (Å²) in [7, 11) is 0. The Morgan fingerprint density at radius 2 is 1.06 bits per heavy atom. The van der Waals surface area contributed by atoms with E-state index in [1.165, 1.54) is 22.1 Å². The van der Waals surface area contributed by atoms with Gasteiger partial charge in [0.1, 0.15) is 23.0 Å². The van der Waals surface area contributed by atoms with Crippen LogP contribution in [0.25, 0.3) is 0 Å². The van der Waals surface area contributed by atoms with Crippen LogP contribution in [0.15, 0.2) is 51.4 Å². The van der Waals surface area contributed by atoms with Crippen molar-refractivity contribution in [2.24, 2.45) is 0 Å². The Morgan fingerprint density at radius 3 is 1.45 bits per heavy atom. The fourth-order valence-corrected chi connectivity index (χ4v) is 5.79. The lowest BCUT2D eigenvalue weighted by atomic mass is 9.34. The summed E-state index contributed by atoms with van der Waals surface area (Å²) in [6.07, 6.45) is 0. The summed E-state index contributed by atoms with van der Waals surface area (Å²) in [4.78, 5) is 0. The second kappa shape index (κ2) is 6.89. The van der Waals surface area contributed by atoms with Gasteiger partial charge in [0.15, 0.2) is 0 Å². The molecule has 2 nitrogen and oxygen atoms in total. The molecule has 3 aromatic carbocycles. The molecule has 5 heteroatoms. The second-order valence-corrected chi connectivity index (χ2v) is 12.3. The van der Waals surface area contributed by atoms with Crippen LogP contribution in [0.1, 0.15) is 52.7 Å². The van der Waals surface area contributed by atoms with Crippen molar-refractivity contribution in [1.82, 2.24) is 0 Å². The first-order valence-corrected chi connectivity index (χ1v) is 12.2. The number of halogens is 2. The molecule has 0 radical (unpaired) electrons. The highest BCUT2D eigenvalue weighted by molar-refractivity contribution is 9.11. The van der Waals surface area contributed by atoms with Crippen LogP contribution >= 0.6 is 31.9 Å². The number of fused-ring (bicyclic) bond motifs is 4. The van der Waals surface area contributed by atoms with Crippen molar-refractivity contribution in [3.63, 3.8) is 0 Å². The number of benzene rings is 3. The van der Waals surface area contributed by atoms with E-state index < -0.39 is 0 Å². The first kappa shape index (κ1) is 21.1. The van der Waals surface area contributed by atoms with Crippen LogP contribution in [0, 0.1) is 0 Å². The van der Waals surface area contributed by atoms with Gasteiger partial charge in [-0.05, 0) is 82.9 Å². The highest BCUT2D eigenvalue weighted by Gasteiger charge is 2.42. The van der Waals surface area contributed by atoms with E-state index in [-0.39, 0.29) is 17.5 Å². The lowest BCUT2D eigenvalue weighted by Gasteiger charge is -2.35. The van der Waals surface area contributed by atoms with E-state index in [0.29, 0.717) is 0 Å². The van der Waals surface area contributed by atoms with Gasteiger partial charge in [-0.25, -0.2) is 0 Å². The van der Waals surface area contributed by atoms with Gasteiger partial charge in [-0.3, -0.25) is 0 Å². The number of hydrogen-bond acceptors (Lipinski definition) is 2. The molecule has 0 saturated carbocycles. The Bertz CT molecular complexity index is 1140. The quantitative estimate of drug-likeness (QED) is 0.208. The topological polar surface area (TPSA) is 18.5 Å². The van der Waals surface area contributed by atoms with E-state index in [4.69, 9.17) is 9.47 Å². The van der Waals surface area contributed by atoms with Crippen LogP contribution < -0.4 is 25.9 Å². The van der Waals surface area contributed by atoms with Gasteiger partial charge >= 0.3 is 0 Å². The van der Waals surface area contributed by atoms with E-state index in [1.807, 2.05) is 6.07 Å². The average Bonchev–Trinajstić information content (AvgIpc) is 2.69. The van der Waals surface area contributed by atoms with Gasteiger partial charge < -0.3 is 9.47 Å². The molecule has 2 heterocycles. The molecule has 5 rings (SSSR count). The van der Waals surface area contributed by atoms with Gasteiger partial charge in [0.25, 0.3) is 6.71 Å². The predicted molar refractivity (Wildman–Crippen MR) is 137 cm³/mol. The van der Waals surface area contributed by atoms with Crippen molar-refractivity contribution in [2.45, 2.75) is 52.4 Å². The fraction of sp³-hybridized carbons (Fsp3) is 0.308. The fourth-order valence-electron chi connectivity index (χ4n) is 4.44. The van der Waals surface area contributed by atoms with Crippen LogP contribution in [-0.2, 0) is 10.8 Å². The summed E-state index contributed by atoms with van der Waals surface area (Å²) >= 11 is 7.44. The Hall–Kier alpha value is -1.72. The summed E-state index contributed by atoms with van der Waals surface area (Å²) in [5.41, 5.74) is 6.18. The summed E-state index contributed by atoms with van der Waals surface area (Å²) in [6.45, 7) is 13.6. The molecule has 3 aromatic rings. The maximum Gasteiger partial charge on any atom is 0.260 e. The SMILES string of the molecule is CC(C)(C)c1ccc2c(c1)B1c3cc(C(C)(C)C)ccc3Oc3c(Br)cc(Br)c(c31)O2. The van der Waals surface area contributed by atoms with Gasteiger partial charge in [-0.1, -0.05) is 65.8 Å². The molecule has 0 aliphatic carbocycles. The molecule has 0 bridgehead atoms. The van der Waals surface area contributed by atoms with Gasteiger partial charge in [-0.2, -0.15) is 0 Å². The summed E-state index contributed by atoms with van der Waals surface area (Å²) in [5, 5.41) is 0. The lowest BCUT2D eigenvalue weighted by molar-refractivity contribution is 0.459. The molecule has 0 unspecified atom stereocenters. The molecule has 0 aromatic heterocycles. The highest BCUT2D eigenvalue weighted by atomic mass is 79.9. The van der Waals surface area contributed by atoms with E-state index >= 15 is 0 Å². The van der Waals surface area contributed by atoms with Crippen LogP contribution in [0.3, 0.4) is 0 Å². The van der Waals surface area contributed by atoms with Gasteiger partial charge in [0.05, 0.1) is 8.95 Å². The third-order valence-electron chi connectivity index (χ3n) is 6.26. The van der Waals surface area contributed by atoms with Crippen molar-refractivity contribution in [3.05, 3.63) is 62.5 Å². The molecule has 31 heavy (non-hydrogen) atoms. The zero-order valence-corrected chi connectivity index (χ0v) is 21.9. The highest BCUT2D eigenvalue weighted by Crippen LogP contribution is 2.43. The van der Waals surface area contributed by atoms with Gasteiger partial charge in [-0.15, -0.1) is 0 Å². The lowest BCUT2D eigenvalue weighted by Crippen LogP contribution is -2.58. The molecule has 0 spiro atoms. The Balaban J connectivity index is 1.84. The number of ether oxygens (including phenoxy) is 2. The first-order valence-electron chi connectivity index (χ1n) is 10.6. The second-order valence-electron chi connectivity index (χ2n) is 10.6. The van der Waals surface area contributed by atoms with Crippen molar-refractivity contribution in [1.29, 1.82) is 0 Å². The smallest absolute Gasteiger partial charge is 0.260 e. The molecule has 0 fully saturated rings. The third kappa shape index (κ3) is 3.36. The Labute approximate surface area is 201 Å². The summed E-state index contributed by atoms with van der Waals surface area (Å²) < 4.78 is 14.7. The molecular weight excluding hydrogens is 515 g/mol. The van der Waals surface area contributed by atoms with E-state index in [0.717, 1.165) is 37.4 Å². The molecule has 0 N–H and O–H groups in total. The average molecular weight is 540 g/mol. The normalized spacial score (nSPS) is 14.3. The van der Waals surface area contributed by atoms with Crippen molar-refractivity contribution >= 4 is 55.0 Å². The van der Waals surface area contributed by atoms with E-state index in [1.54, 1.807) is 0 Å². The molecule has 2 aliphatic rings. The van der Waals surface area contributed by atoms with Crippen LogP contribution in [-0.4, -0.2) is 6.71 Å². The Kier molecular flexibility index (Phi) is 4.70.